The van der Waals surface area contributed by atoms with Crippen LogP contribution in [0.4, 0.5) is 0 Å². The first-order valence-corrected chi connectivity index (χ1v) is 8.61. The predicted molar refractivity (Wildman–Crippen MR) is 108 cm³/mol. The maximum atomic E-state index is 12.2. The third kappa shape index (κ3) is 4.23. The smallest absolute Gasteiger partial charge is 0.363 e. The van der Waals surface area contributed by atoms with Crippen LogP contribution < -0.4 is 14.2 Å². The van der Waals surface area contributed by atoms with Crippen LogP contribution in [0.15, 0.2) is 53.2 Å². The fraction of sp³-hybridized carbons (Fsp3) is 0.182. The van der Waals surface area contributed by atoms with Gasteiger partial charge in [-0.1, -0.05) is 29.8 Å². The highest BCUT2D eigenvalue weighted by Gasteiger charge is 2.22. The van der Waals surface area contributed by atoms with Crippen molar-refractivity contribution in [1.29, 1.82) is 0 Å². The molecule has 0 unspecified atom stereocenters. The molecule has 0 atom stereocenters. The second-order valence-electron chi connectivity index (χ2n) is 6.07. The van der Waals surface area contributed by atoms with Crippen molar-refractivity contribution in [1.82, 2.24) is 0 Å². The summed E-state index contributed by atoms with van der Waals surface area (Å²) in [6.45, 7) is 2.02. The van der Waals surface area contributed by atoms with Crippen LogP contribution in [0.3, 0.4) is 0 Å². The van der Waals surface area contributed by atoms with E-state index in [2.05, 4.69) is 4.99 Å². The van der Waals surface area contributed by atoms with Gasteiger partial charge >= 0.3 is 5.97 Å². The van der Waals surface area contributed by atoms with E-state index in [1.54, 1.807) is 24.3 Å². The normalized spacial score (nSPS) is 14.9. The first-order valence-electron chi connectivity index (χ1n) is 8.61. The zero-order valence-corrected chi connectivity index (χ0v) is 16.2. The zero-order valence-electron chi connectivity index (χ0n) is 16.2. The topological polar surface area (TPSA) is 66.4 Å². The van der Waals surface area contributed by atoms with Gasteiger partial charge in [-0.2, -0.15) is 0 Å². The van der Waals surface area contributed by atoms with Crippen molar-refractivity contribution in [2.75, 3.05) is 21.3 Å². The van der Waals surface area contributed by atoms with Crippen molar-refractivity contribution >= 4 is 24.0 Å². The van der Waals surface area contributed by atoms with E-state index in [4.69, 9.17) is 18.9 Å². The Bertz CT molecular complexity index is 946. The van der Waals surface area contributed by atoms with Gasteiger partial charge in [0.05, 0.1) is 21.3 Å². The van der Waals surface area contributed by atoms with Crippen molar-refractivity contribution in [2.24, 2.45) is 4.99 Å². The minimum absolute atomic E-state index is 0.192. The van der Waals surface area contributed by atoms with Crippen molar-refractivity contribution in [2.45, 2.75) is 6.92 Å². The van der Waals surface area contributed by atoms with E-state index in [1.807, 2.05) is 37.3 Å². The second-order valence-corrected chi connectivity index (χ2v) is 6.07. The number of carbonyl (C=O) groups excluding carboxylic acids is 1. The lowest BCUT2D eigenvalue weighted by molar-refractivity contribution is -0.129. The molecular formula is C22H21NO5. The van der Waals surface area contributed by atoms with Crippen LogP contribution in [0.25, 0.3) is 12.2 Å². The van der Waals surface area contributed by atoms with Gasteiger partial charge in [-0.15, -0.1) is 0 Å². The molecule has 6 heteroatoms. The minimum atomic E-state index is -0.516. The van der Waals surface area contributed by atoms with E-state index >= 15 is 0 Å². The van der Waals surface area contributed by atoms with Crippen LogP contribution in [-0.2, 0) is 9.53 Å². The van der Waals surface area contributed by atoms with E-state index in [1.165, 1.54) is 26.9 Å². The molecule has 0 radical (unpaired) electrons. The van der Waals surface area contributed by atoms with Crippen LogP contribution in [-0.4, -0.2) is 33.2 Å². The van der Waals surface area contributed by atoms with Crippen LogP contribution in [0.1, 0.15) is 16.7 Å². The molecule has 0 bridgehead atoms. The van der Waals surface area contributed by atoms with Gasteiger partial charge in [0, 0.05) is 6.08 Å². The highest BCUT2D eigenvalue weighted by Crippen LogP contribution is 2.38. The van der Waals surface area contributed by atoms with Crippen molar-refractivity contribution < 1.29 is 23.7 Å². The van der Waals surface area contributed by atoms with Gasteiger partial charge in [0.1, 0.15) is 0 Å². The maximum absolute atomic E-state index is 12.2. The number of ether oxygens (including phenoxy) is 4. The summed E-state index contributed by atoms with van der Waals surface area (Å²) in [4.78, 5) is 16.4. The molecule has 0 amide bonds. The molecule has 1 heterocycles. The molecule has 144 valence electrons. The lowest BCUT2D eigenvalue weighted by Gasteiger charge is -2.12. The average Bonchev–Trinajstić information content (AvgIpc) is 3.05. The number of nitrogens with zero attached hydrogens (tertiary/aromatic N) is 1. The molecule has 0 fully saturated rings. The van der Waals surface area contributed by atoms with Gasteiger partial charge in [0.25, 0.3) is 0 Å². The molecule has 2 aromatic rings. The molecular weight excluding hydrogens is 358 g/mol. The molecule has 0 N–H and O–H groups in total. The summed E-state index contributed by atoms with van der Waals surface area (Å²) < 4.78 is 21.2. The lowest BCUT2D eigenvalue weighted by Crippen LogP contribution is -2.01. The number of cyclic esters (lactones) is 1. The van der Waals surface area contributed by atoms with Crippen molar-refractivity contribution in [3.05, 3.63) is 64.9 Å². The minimum Gasteiger partial charge on any atom is -0.493 e. The monoisotopic (exact) mass is 379 g/mol. The number of aryl methyl sites for hydroxylation is 1. The van der Waals surface area contributed by atoms with Crippen LogP contribution in [0, 0.1) is 6.92 Å². The third-order valence-electron chi connectivity index (χ3n) is 4.12. The quantitative estimate of drug-likeness (QED) is 0.560. The highest BCUT2D eigenvalue weighted by molar-refractivity contribution is 6.11. The summed E-state index contributed by atoms with van der Waals surface area (Å²) in [5.41, 5.74) is 3.04. The summed E-state index contributed by atoms with van der Waals surface area (Å²) >= 11 is 0. The van der Waals surface area contributed by atoms with E-state index in [0.29, 0.717) is 22.8 Å². The molecule has 1 aliphatic heterocycles. The molecule has 6 nitrogen and oxygen atoms in total. The average molecular weight is 379 g/mol. The second kappa shape index (κ2) is 8.43. The Balaban J connectivity index is 1.87. The number of methoxy groups -OCH3 is 3. The van der Waals surface area contributed by atoms with Crippen molar-refractivity contribution in [3.63, 3.8) is 0 Å². The Hall–Kier alpha value is -3.54. The number of hydrogen-bond donors (Lipinski definition) is 0. The van der Waals surface area contributed by atoms with Gasteiger partial charge in [0.2, 0.25) is 11.6 Å². The predicted octanol–water partition coefficient (Wildman–Crippen LogP) is 4.03. The summed E-state index contributed by atoms with van der Waals surface area (Å²) in [5.74, 6) is 1.18. The van der Waals surface area contributed by atoms with Gasteiger partial charge in [-0.25, -0.2) is 9.79 Å². The molecule has 0 saturated heterocycles. The first kappa shape index (κ1) is 19.2. The third-order valence-corrected chi connectivity index (χ3v) is 4.12. The Kier molecular flexibility index (Phi) is 5.79. The molecule has 0 aliphatic carbocycles. The molecule has 0 saturated carbocycles. The van der Waals surface area contributed by atoms with Crippen LogP contribution in [0.2, 0.25) is 0 Å². The molecule has 28 heavy (non-hydrogen) atoms. The Labute approximate surface area is 163 Å². The van der Waals surface area contributed by atoms with E-state index in [-0.39, 0.29) is 11.6 Å². The molecule has 0 spiro atoms. The Morgan fingerprint density at radius 2 is 1.54 bits per heavy atom. The van der Waals surface area contributed by atoms with Gasteiger partial charge in [-0.05, 0) is 42.3 Å². The van der Waals surface area contributed by atoms with Gasteiger partial charge in [-0.3, -0.25) is 0 Å². The van der Waals surface area contributed by atoms with Crippen LogP contribution >= 0.6 is 0 Å². The summed E-state index contributed by atoms with van der Waals surface area (Å²) in [5, 5.41) is 0. The standard InChI is InChI=1S/C22H21NO5/c1-14-5-7-15(8-6-14)9-10-20-23-17(22(24)28-20)11-16-12-18(25-2)21(27-4)19(13-16)26-3/h5-13H,1-4H3. The molecule has 1 aliphatic rings. The summed E-state index contributed by atoms with van der Waals surface area (Å²) in [6, 6.07) is 11.5. The first-order chi connectivity index (χ1) is 13.5. The summed E-state index contributed by atoms with van der Waals surface area (Å²) in [7, 11) is 4.60. The number of carbonyl (C=O) groups is 1. The molecule has 0 aromatic heterocycles. The Morgan fingerprint density at radius 1 is 0.893 bits per heavy atom. The number of hydrogen-bond acceptors (Lipinski definition) is 6. The van der Waals surface area contributed by atoms with E-state index in [0.717, 1.165) is 5.56 Å². The van der Waals surface area contributed by atoms with Gasteiger partial charge < -0.3 is 18.9 Å². The number of esters is 1. The fourth-order valence-electron chi connectivity index (χ4n) is 2.68. The zero-order chi connectivity index (χ0) is 20.1. The number of aliphatic imine (C=N–C) groups is 1. The largest absolute Gasteiger partial charge is 0.493 e. The van der Waals surface area contributed by atoms with Gasteiger partial charge in [0.15, 0.2) is 17.2 Å². The van der Waals surface area contributed by atoms with Crippen molar-refractivity contribution in [3.8, 4) is 17.2 Å². The van der Waals surface area contributed by atoms with Crippen LogP contribution in [0.5, 0.6) is 17.2 Å². The number of benzene rings is 2. The fourth-order valence-corrected chi connectivity index (χ4v) is 2.68. The maximum Gasteiger partial charge on any atom is 0.363 e. The lowest BCUT2D eigenvalue weighted by atomic mass is 10.1. The molecule has 3 rings (SSSR count). The summed E-state index contributed by atoms with van der Waals surface area (Å²) in [6.07, 6.45) is 5.12. The Morgan fingerprint density at radius 3 is 2.11 bits per heavy atom. The van der Waals surface area contributed by atoms with E-state index in [9.17, 15) is 4.79 Å². The number of rotatable bonds is 6. The SMILES string of the molecule is COc1cc(C=C2N=C(C=Cc3ccc(C)cc3)OC2=O)cc(OC)c1OC. The van der Waals surface area contributed by atoms with E-state index < -0.39 is 5.97 Å². The molecule has 2 aromatic carbocycles. The highest BCUT2D eigenvalue weighted by atomic mass is 16.6.